The van der Waals surface area contributed by atoms with Gasteiger partial charge in [-0.05, 0) is 52.2 Å². The molecule has 0 bridgehead atoms. The SMILES string of the molecule is Cc1[nH][nH]c(=O)c1CC1CCN(C)CC1. The summed E-state index contributed by atoms with van der Waals surface area (Å²) in [5.74, 6) is 0.678. The molecule has 15 heavy (non-hydrogen) atoms. The van der Waals surface area contributed by atoms with E-state index >= 15 is 0 Å². The summed E-state index contributed by atoms with van der Waals surface area (Å²) in [6, 6.07) is 0. The summed E-state index contributed by atoms with van der Waals surface area (Å²) in [5.41, 5.74) is 2.01. The van der Waals surface area contributed by atoms with Crippen LogP contribution in [0.15, 0.2) is 4.79 Å². The highest BCUT2D eigenvalue weighted by Crippen LogP contribution is 2.20. The first kappa shape index (κ1) is 10.5. The number of likely N-dealkylation sites (tertiary alicyclic amines) is 1. The third kappa shape index (κ3) is 2.31. The molecule has 1 aliphatic rings. The molecule has 2 N–H and O–H groups in total. The summed E-state index contributed by atoms with van der Waals surface area (Å²) in [4.78, 5) is 13.8. The second-order valence-corrected chi connectivity index (χ2v) is 4.63. The molecule has 0 atom stereocenters. The predicted octanol–water partition coefficient (Wildman–Crippen LogP) is 0.896. The minimum Gasteiger partial charge on any atom is -0.306 e. The summed E-state index contributed by atoms with van der Waals surface area (Å²) in [6.07, 6.45) is 3.35. The molecular formula is C11H19N3O. The number of aromatic amines is 2. The number of aromatic nitrogens is 2. The van der Waals surface area contributed by atoms with Gasteiger partial charge >= 0.3 is 0 Å². The fraction of sp³-hybridized carbons (Fsp3) is 0.727. The van der Waals surface area contributed by atoms with Crippen molar-refractivity contribution >= 4 is 0 Å². The number of hydrogen-bond acceptors (Lipinski definition) is 2. The molecule has 0 aromatic carbocycles. The maximum Gasteiger partial charge on any atom is 0.267 e. The number of rotatable bonds is 2. The molecule has 0 unspecified atom stereocenters. The van der Waals surface area contributed by atoms with Gasteiger partial charge in [0, 0.05) is 11.3 Å². The Morgan fingerprint density at radius 1 is 1.33 bits per heavy atom. The number of nitrogens with one attached hydrogen (secondary N) is 2. The highest BCUT2D eigenvalue weighted by Gasteiger charge is 2.19. The first-order valence-electron chi connectivity index (χ1n) is 5.61. The van der Waals surface area contributed by atoms with E-state index in [0.717, 1.165) is 30.8 Å². The van der Waals surface area contributed by atoms with Crippen LogP contribution >= 0.6 is 0 Å². The summed E-state index contributed by atoms with van der Waals surface area (Å²) < 4.78 is 0. The Bertz CT molecular complexity index is 371. The quantitative estimate of drug-likeness (QED) is 0.760. The molecular weight excluding hydrogens is 190 g/mol. The van der Waals surface area contributed by atoms with Gasteiger partial charge in [0.1, 0.15) is 0 Å². The third-order valence-corrected chi connectivity index (χ3v) is 3.42. The summed E-state index contributed by atoms with van der Waals surface area (Å²) >= 11 is 0. The standard InChI is InChI=1S/C11H19N3O/c1-8-10(11(15)13-12-8)7-9-3-5-14(2)6-4-9/h9H,3-7H2,1-2H3,(H2,12,13,15). The fourth-order valence-corrected chi connectivity index (χ4v) is 2.27. The van der Waals surface area contributed by atoms with Crippen molar-refractivity contribution < 1.29 is 0 Å². The van der Waals surface area contributed by atoms with Crippen LogP contribution in [0.5, 0.6) is 0 Å². The zero-order valence-corrected chi connectivity index (χ0v) is 9.47. The molecule has 1 fully saturated rings. The lowest BCUT2D eigenvalue weighted by Crippen LogP contribution is -2.31. The van der Waals surface area contributed by atoms with E-state index in [1.54, 1.807) is 0 Å². The molecule has 2 rings (SSSR count). The normalized spacial score (nSPS) is 19.6. The monoisotopic (exact) mass is 209 g/mol. The second kappa shape index (κ2) is 4.23. The molecule has 0 amide bonds. The molecule has 4 heteroatoms. The Labute approximate surface area is 89.7 Å². The number of aryl methyl sites for hydroxylation is 1. The Hall–Kier alpha value is -1.03. The van der Waals surface area contributed by atoms with Crippen LogP contribution in [-0.4, -0.2) is 35.2 Å². The van der Waals surface area contributed by atoms with Crippen molar-refractivity contribution in [3.63, 3.8) is 0 Å². The van der Waals surface area contributed by atoms with Crippen molar-refractivity contribution in [2.24, 2.45) is 5.92 Å². The number of nitrogens with zero attached hydrogens (tertiary/aromatic N) is 1. The molecule has 84 valence electrons. The van der Waals surface area contributed by atoms with Gasteiger partial charge in [-0.1, -0.05) is 0 Å². The molecule has 1 aliphatic heterocycles. The van der Waals surface area contributed by atoms with Crippen LogP contribution in [-0.2, 0) is 6.42 Å². The van der Waals surface area contributed by atoms with Crippen LogP contribution in [0.4, 0.5) is 0 Å². The average Bonchev–Trinajstić information content (AvgIpc) is 2.53. The Kier molecular flexibility index (Phi) is 2.95. The van der Waals surface area contributed by atoms with Gasteiger partial charge in [-0.25, -0.2) is 0 Å². The van der Waals surface area contributed by atoms with E-state index in [9.17, 15) is 4.79 Å². The Morgan fingerprint density at radius 2 is 2.00 bits per heavy atom. The van der Waals surface area contributed by atoms with Crippen molar-refractivity contribution in [2.75, 3.05) is 20.1 Å². The molecule has 0 aliphatic carbocycles. The van der Waals surface area contributed by atoms with Crippen LogP contribution in [0.3, 0.4) is 0 Å². The van der Waals surface area contributed by atoms with E-state index in [4.69, 9.17) is 0 Å². The van der Waals surface area contributed by atoms with Gasteiger partial charge in [-0.2, -0.15) is 0 Å². The van der Waals surface area contributed by atoms with Crippen molar-refractivity contribution in [2.45, 2.75) is 26.2 Å². The van der Waals surface area contributed by atoms with E-state index < -0.39 is 0 Å². The zero-order chi connectivity index (χ0) is 10.8. The van der Waals surface area contributed by atoms with Crippen LogP contribution in [0.1, 0.15) is 24.1 Å². The van der Waals surface area contributed by atoms with Gasteiger partial charge in [-0.15, -0.1) is 0 Å². The number of hydrogen-bond donors (Lipinski definition) is 2. The lowest BCUT2D eigenvalue weighted by molar-refractivity contribution is 0.218. The predicted molar refractivity (Wildman–Crippen MR) is 60.1 cm³/mol. The molecule has 0 saturated carbocycles. The Morgan fingerprint density at radius 3 is 2.53 bits per heavy atom. The maximum atomic E-state index is 11.5. The molecule has 2 heterocycles. The molecule has 1 aromatic heterocycles. The fourth-order valence-electron chi connectivity index (χ4n) is 2.27. The average molecular weight is 209 g/mol. The molecule has 4 nitrogen and oxygen atoms in total. The van der Waals surface area contributed by atoms with Gasteiger partial charge < -0.3 is 10.00 Å². The zero-order valence-electron chi connectivity index (χ0n) is 9.47. The lowest BCUT2D eigenvalue weighted by Gasteiger charge is -2.28. The summed E-state index contributed by atoms with van der Waals surface area (Å²) in [6.45, 7) is 4.28. The topological polar surface area (TPSA) is 51.9 Å². The van der Waals surface area contributed by atoms with Crippen molar-refractivity contribution in [1.82, 2.24) is 15.1 Å². The van der Waals surface area contributed by atoms with Crippen molar-refractivity contribution in [3.8, 4) is 0 Å². The van der Waals surface area contributed by atoms with Crippen molar-refractivity contribution in [3.05, 3.63) is 21.6 Å². The molecule has 1 aromatic rings. The second-order valence-electron chi connectivity index (χ2n) is 4.63. The summed E-state index contributed by atoms with van der Waals surface area (Å²) in [5, 5.41) is 5.53. The number of H-pyrrole nitrogens is 2. The van der Waals surface area contributed by atoms with Gasteiger partial charge in [-0.3, -0.25) is 9.89 Å². The van der Waals surface area contributed by atoms with Gasteiger partial charge in [0.25, 0.3) is 5.56 Å². The molecule has 1 saturated heterocycles. The van der Waals surface area contributed by atoms with E-state index in [-0.39, 0.29) is 5.56 Å². The van der Waals surface area contributed by atoms with Gasteiger partial charge in [0.05, 0.1) is 0 Å². The Balaban J connectivity index is 2.00. The van der Waals surface area contributed by atoms with E-state index in [0.29, 0.717) is 5.92 Å². The lowest BCUT2D eigenvalue weighted by atomic mass is 9.90. The largest absolute Gasteiger partial charge is 0.306 e. The van der Waals surface area contributed by atoms with Crippen LogP contribution < -0.4 is 5.56 Å². The minimum absolute atomic E-state index is 0.0615. The van der Waals surface area contributed by atoms with E-state index in [2.05, 4.69) is 22.1 Å². The molecule has 0 radical (unpaired) electrons. The van der Waals surface area contributed by atoms with E-state index in [1.165, 1.54) is 12.8 Å². The van der Waals surface area contributed by atoms with Crippen LogP contribution in [0.2, 0.25) is 0 Å². The first-order valence-corrected chi connectivity index (χ1v) is 5.61. The number of piperidine rings is 1. The highest BCUT2D eigenvalue weighted by atomic mass is 16.1. The van der Waals surface area contributed by atoms with Gasteiger partial charge in [0.2, 0.25) is 0 Å². The smallest absolute Gasteiger partial charge is 0.267 e. The van der Waals surface area contributed by atoms with Crippen LogP contribution in [0, 0.1) is 12.8 Å². The van der Waals surface area contributed by atoms with Crippen LogP contribution in [0.25, 0.3) is 0 Å². The maximum absolute atomic E-state index is 11.5. The van der Waals surface area contributed by atoms with Crippen molar-refractivity contribution in [1.29, 1.82) is 0 Å². The van der Waals surface area contributed by atoms with E-state index in [1.807, 2.05) is 6.92 Å². The van der Waals surface area contributed by atoms with Gasteiger partial charge in [0.15, 0.2) is 0 Å². The first-order chi connectivity index (χ1) is 7.16. The summed E-state index contributed by atoms with van der Waals surface area (Å²) in [7, 11) is 2.16. The molecule has 0 spiro atoms. The minimum atomic E-state index is 0.0615. The highest BCUT2D eigenvalue weighted by molar-refractivity contribution is 5.15. The third-order valence-electron chi connectivity index (χ3n) is 3.42.